The van der Waals surface area contributed by atoms with E-state index in [1.165, 1.54) is 6.08 Å². The average Bonchev–Trinajstić information content (AvgIpc) is 3.05. The van der Waals surface area contributed by atoms with E-state index in [9.17, 15) is 4.79 Å². The standard InChI is InChI=1S/C16H24N2O3/c1-3-16(2,18-8-11-20-12-9-18)13-17-15(19)7-6-14-5-4-10-21-14/h4-7,10H,3,8-9,11-13H2,1-2H3,(H,17,19). The Morgan fingerprint density at radius 2 is 2.24 bits per heavy atom. The number of nitrogens with one attached hydrogen (secondary N) is 1. The fourth-order valence-electron chi connectivity index (χ4n) is 2.44. The van der Waals surface area contributed by atoms with Gasteiger partial charge in [0.2, 0.25) is 5.91 Å². The summed E-state index contributed by atoms with van der Waals surface area (Å²) in [4.78, 5) is 14.3. The van der Waals surface area contributed by atoms with Crippen molar-refractivity contribution in [3.63, 3.8) is 0 Å². The van der Waals surface area contributed by atoms with Crippen LogP contribution in [0.25, 0.3) is 6.08 Å². The Kier molecular flexibility index (Phi) is 5.59. The zero-order valence-corrected chi connectivity index (χ0v) is 12.8. The van der Waals surface area contributed by atoms with Gasteiger partial charge in [0.15, 0.2) is 0 Å². The van der Waals surface area contributed by atoms with Crippen LogP contribution in [0.5, 0.6) is 0 Å². The highest BCUT2D eigenvalue weighted by Crippen LogP contribution is 2.19. The smallest absolute Gasteiger partial charge is 0.244 e. The number of hydrogen-bond donors (Lipinski definition) is 1. The Hall–Kier alpha value is -1.59. The summed E-state index contributed by atoms with van der Waals surface area (Å²) in [5.41, 5.74) is -0.0298. The molecule has 1 aliphatic rings. The fraction of sp³-hybridized carbons (Fsp3) is 0.562. The maximum Gasteiger partial charge on any atom is 0.244 e. The molecule has 1 aliphatic heterocycles. The summed E-state index contributed by atoms with van der Waals surface area (Å²) in [5.74, 6) is 0.580. The summed E-state index contributed by atoms with van der Waals surface area (Å²) < 4.78 is 10.6. The lowest BCUT2D eigenvalue weighted by molar-refractivity contribution is -0.117. The van der Waals surface area contributed by atoms with E-state index >= 15 is 0 Å². The molecule has 21 heavy (non-hydrogen) atoms. The molecule has 1 N–H and O–H groups in total. The predicted octanol–water partition coefficient (Wildman–Crippen LogP) is 1.91. The summed E-state index contributed by atoms with van der Waals surface area (Å²) in [6.45, 7) is 8.34. The van der Waals surface area contributed by atoms with Crippen molar-refractivity contribution in [3.05, 3.63) is 30.2 Å². The number of carbonyl (C=O) groups is 1. The minimum absolute atomic E-state index is 0.0298. The molecular formula is C16H24N2O3. The molecular weight excluding hydrogens is 268 g/mol. The summed E-state index contributed by atoms with van der Waals surface area (Å²) in [7, 11) is 0. The van der Waals surface area contributed by atoms with Crippen molar-refractivity contribution >= 4 is 12.0 Å². The van der Waals surface area contributed by atoms with Crippen LogP contribution in [0, 0.1) is 0 Å². The predicted molar refractivity (Wildman–Crippen MR) is 81.8 cm³/mol. The first kappa shape index (κ1) is 15.8. The molecule has 1 aromatic heterocycles. The highest BCUT2D eigenvalue weighted by atomic mass is 16.5. The van der Waals surface area contributed by atoms with Gasteiger partial charge >= 0.3 is 0 Å². The number of nitrogens with zero attached hydrogens (tertiary/aromatic N) is 1. The van der Waals surface area contributed by atoms with Gasteiger partial charge in [0.05, 0.1) is 19.5 Å². The van der Waals surface area contributed by atoms with Gasteiger partial charge in [-0.2, -0.15) is 0 Å². The van der Waals surface area contributed by atoms with E-state index in [0.29, 0.717) is 12.3 Å². The van der Waals surface area contributed by atoms with E-state index in [-0.39, 0.29) is 11.4 Å². The average molecular weight is 292 g/mol. The van der Waals surface area contributed by atoms with Gasteiger partial charge in [-0.05, 0) is 31.6 Å². The lowest BCUT2D eigenvalue weighted by Gasteiger charge is -2.42. The van der Waals surface area contributed by atoms with Gasteiger partial charge in [0, 0.05) is 31.2 Å². The molecule has 0 spiro atoms. The van der Waals surface area contributed by atoms with Crippen LogP contribution in [-0.4, -0.2) is 49.2 Å². The number of morpholine rings is 1. The number of ether oxygens (including phenoxy) is 1. The van der Waals surface area contributed by atoms with Gasteiger partial charge in [-0.25, -0.2) is 0 Å². The zero-order chi connectivity index (χ0) is 15.1. The Balaban J connectivity index is 1.85. The molecule has 116 valence electrons. The zero-order valence-electron chi connectivity index (χ0n) is 12.8. The monoisotopic (exact) mass is 292 g/mol. The third kappa shape index (κ3) is 4.44. The number of rotatable bonds is 6. The van der Waals surface area contributed by atoms with Crippen LogP contribution < -0.4 is 5.32 Å². The number of furan rings is 1. The normalized spacial score (nSPS) is 19.5. The molecule has 1 saturated heterocycles. The molecule has 1 amide bonds. The second-order valence-electron chi connectivity index (χ2n) is 5.52. The SMILES string of the molecule is CCC(C)(CNC(=O)C=Cc1ccco1)N1CCOCC1. The summed E-state index contributed by atoms with van der Waals surface area (Å²) in [6.07, 6.45) is 5.75. The van der Waals surface area contributed by atoms with Crippen LogP contribution in [0.1, 0.15) is 26.0 Å². The van der Waals surface area contributed by atoms with E-state index in [4.69, 9.17) is 9.15 Å². The maximum absolute atomic E-state index is 11.9. The first-order valence-corrected chi connectivity index (χ1v) is 7.46. The number of amides is 1. The number of hydrogen-bond acceptors (Lipinski definition) is 4. The Labute approximate surface area is 125 Å². The van der Waals surface area contributed by atoms with Crippen LogP contribution in [0.2, 0.25) is 0 Å². The molecule has 2 heterocycles. The van der Waals surface area contributed by atoms with E-state index in [0.717, 1.165) is 32.7 Å². The lowest BCUT2D eigenvalue weighted by atomic mass is 9.95. The molecule has 1 fully saturated rings. The molecule has 5 heteroatoms. The molecule has 0 aromatic carbocycles. The summed E-state index contributed by atoms with van der Waals surface area (Å²) in [6, 6.07) is 3.61. The van der Waals surface area contributed by atoms with Crippen molar-refractivity contribution in [2.45, 2.75) is 25.8 Å². The largest absolute Gasteiger partial charge is 0.465 e. The number of carbonyl (C=O) groups excluding carboxylic acids is 1. The molecule has 1 aromatic rings. The molecule has 5 nitrogen and oxygen atoms in total. The van der Waals surface area contributed by atoms with Crippen molar-refractivity contribution in [2.24, 2.45) is 0 Å². The highest BCUT2D eigenvalue weighted by Gasteiger charge is 2.31. The van der Waals surface area contributed by atoms with Crippen molar-refractivity contribution in [3.8, 4) is 0 Å². The minimum atomic E-state index is -0.0978. The van der Waals surface area contributed by atoms with Crippen LogP contribution in [0.15, 0.2) is 28.9 Å². The summed E-state index contributed by atoms with van der Waals surface area (Å²) >= 11 is 0. The van der Waals surface area contributed by atoms with Gasteiger partial charge in [0.25, 0.3) is 0 Å². The van der Waals surface area contributed by atoms with Crippen molar-refractivity contribution in [1.82, 2.24) is 10.2 Å². The van der Waals surface area contributed by atoms with Gasteiger partial charge in [-0.1, -0.05) is 6.92 Å². The molecule has 1 unspecified atom stereocenters. The molecule has 1 atom stereocenters. The third-order valence-electron chi connectivity index (χ3n) is 4.12. The first-order valence-electron chi connectivity index (χ1n) is 7.46. The fourth-order valence-corrected chi connectivity index (χ4v) is 2.44. The third-order valence-corrected chi connectivity index (χ3v) is 4.12. The van der Waals surface area contributed by atoms with E-state index in [1.807, 2.05) is 6.07 Å². The lowest BCUT2D eigenvalue weighted by Crippen LogP contribution is -2.56. The van der Waals surface area contributed by atoms with Crippen molar-refractivity contribution in [2.75, 3.05) is 32.8 Å². The molecule has 2 rings (SSSR count). The molecule has 0 radical (unpaired) electrons. The van der Waals surface area contributed by atoms with Crippen LogP contribution in [-0.2, 0) is 9.53 Å². The second-order valence-corrected chi connectivity index (χ2v) is 5.52. The van der Waals surface area contributed by atoms with Crippen molar-refractivity contribution < 1.29 is 13.9 Å². The van der Waals surface area contributed by atoms with Gasteiger partial charge < -0.3 is 14.5 Å². The first-order chi connectivity index (χ1) is 10.1. The van der Waals surface area contributed by atoms with Gasteiger partial charge in [0.1, 0.15) is 5.76 Å². The van der Waals surface area contributed by atoms with E-state index in [1.54, 1.807) is 18.4 Å². The van der Waals surface area contributed by atoms with Crippen LogP contribution in [0.3, 0.4) is 0 Å². The minimum Gasteiger partial charge on any atom is -0.465 e. The quantitative estimate of drug-likeness (QED) is 0.814. The molecule has 0 bridgehead atoms. The van der Waals surface area contributed by atoms with Gasteiger partial charge in [-0.15, -0.1) is 0 Å². The maximum atomic E-state index is 11.9. The van der Waals surface area contributed by atoms with Crippen molar-refractivity contribution in [1.29, 1.82) is 0 Å². The van der Waals surface area contributed by atoms with Crippen LogP contribution in [0.4, 0.5) is 0 Å². The highest BCUT2D eigenvalue weighted by molar-refractivity contribution is 5.91. The van der Waals surface area contributed by atoms with Crippen LogP contribution >= 0.6 is 0 Å². The molecule has 0 aliphatic carbocycles. The Morgan fingerprint density at radius 3 is 2.86 bits per heavy atom. The topological polar surface area (TPSA) is 54.7 Å². The van der Waals surface area contributed by atoms with Gasteiger partial charge in [-0.3, -0.25) is 9.69 Å². The Bertz CT molecular complexity index is 464. The second kappa shape index (κ2) is 7.43. The summed E-state index contributed by atoms with van der Waals surface area (Å²) in [5, 5.41) is 2.98. The Morgan fingerprint density at radius 1 is 1.48 bits per heavy atom. The molecule has 0 saturated carbocycles. The van der Waals surface area contributed by atoms with E-state index in [2.05, 4.69) is 24.1 Å². The van der Waals surface area contributed by atoms with E-state index < -0.39 is 0 Å².